The Morgan fingerprint density at radius 1 is 0.974 bits per heavy atom. The lowest BCUT2D eigenvalue weighted by molar-refractivity contribution is -0.122. The van der Waals surface area contributed by atoms with Gasteiger partial charge in [-0.05, 0) is 54.5 Å². The molecule has 1 aliphatic rings. The Morgan fingerprint density at radius 3 is 2.39 bits per heavy atom. The fraction of sp³-hybridized carbons (Fsp3) is 0.167. The Bertz CT molecular complexity index is 1430. The smallest absolute Gasteiger partial charge is 0.266 e. The molecule has 0 radical (unpaired) electrons. The van der Waals surface area contributed by atoms with Gasteiger partial charge in [-0.3, -0.25) is 9.69 Å². The van der Waals surface area contributed by atoms with Crippen molar-refractivity contribution >= 4 is 40.3 Å². The summed E-state index contributed by atoms with van der Waals surface area (Å²) in [6.45, 7) is 1.62. The summed E-state index contributed by atoms with van der Waals surface area (Å²) in [7, 11) is 1.65. The molecule has 1 fully saturated rings. The molecule has 1 amide bonds. The summed E-state index contributed by atoms with van der Waals surface area (Å²) in [5.41, 5.74) is 4.58. The molecule has 0 bridgehead atoms. The molecule has 0 saturated carbocycles. The van der Waals surface area contributed by atoms with Crippen molar-refractivity contribution in [1.82, 2.24) is 14.7 Å². The maximum atomic E-state index is 13.1. The molecule has 8 heteroatoms. The van der Waals surface area contributed by atoms with E-state index in [-0.39, 0.29) is 5.91 Å². The molecule has 4 aromatic rings. The standard InChI is InChI=1S/C30H27N3O3S2/c1-35-18-8-17-32-29(34)27(38-30(32)37)19-24-20-33(25-11-6-3-7-12-25)31-28(24)23-13-15-26(16-14-23)36-21-22-9-4-2-5-10-22/h2-7,9-16,19-20H,8,17-18,21H2,1H3/b27-19-. The van der Waals surface area contributed by atoms with Crippen LogP contribution in [-0.4, -0.2) is 45.2 Å². The van der Waals surface area contributed by atoms with Crippen LogP contribution >= 0.6 is 24.0 Å². The van der Waals surface area contributed by atoms with Crippen molar-refractivity contribution in [3.8, 4) is 22.7 Å². The van der Waals surface area contributed by atoms with Crippen molar-refractivity contribution in [3.05, 3.63) is 107 Å². The third-order valence-corrected chi connectivity index (χ3v) is 7.41. The molecular weight excluding hydrogens is 514 g/mol. The Morgan fingerprint density at radius 2 is 1.68 bits per heavy atom. The minimum absolute atomic E-state index is 0.0841. The molecule has 1 aliphatic heterocycles. The SMILES string of the molecule is COCCCN1C(=O)/C(=C/c2cn(-c3ccccc3)nc2-c2ccc(OCc3ccccc3)cc2)SC1=S. The van der Waals surface area contributed by atoms with Gasteiger partial charge in [0.15, 0.2) is 0 Å². The summed E-state index contributed by atoms with van der Waals surface area (Å²) >= 11 is 6.82. The highest BCUT2D eigenvalue weighted by Gasteiger charge is 2.32. The maximum Gasteiger partial charge on any atom is 0.266 e. The average molecular weight is 542 g/mol. The number of carbonyl (C=O) groups is 1. The van der Waals surface area contributed by atoms with E-state index in [1.54, 1.807) is 12.0 Å². The van der Waals surface area contributed by atoms with E-state index in [0.717, 1.165) is 40.2 Å². The molecule has 2 heterocycles. The van der Waals surface area contributed by atoms with Crippen LogP contribution in [0.25, 0.3) is 23.0 Å². The van der Waals surface area contributed by atoms with Crippen LogP contribution in [0.4, 0.5) is 0 Å². The van der Waals surface area contributed by atoms with Gasteiger partial charge in [0, 0.05) is 37.6 Å². The quantitative estimate of drug-likeness (QED) is 0.132. The normalized spacial score (nSPS) is 14.4. The van der Waals surface area contributed by atoms with Gasteiger partial charge in [-0.2, -0.15) is 5.10 Å². The molecule has 192 valence electrons. The Labute approximate surface area is 231 Å². The van der Waals surface area contributed by atoms with E-state index in [4.69, 9.17) is 26.8 Å². The molecule has 38 heavy (non-hydrogen) atoms. The fourth-order valence-electron chi connectivity index (χ4n) is 4.08. The van der Waals surface area contributed by atoms with E-state index in [1.807, 2.05) is 102 Å². The lowest BCUT2D eigenvalue weighted by Gasteiger charge is -2.13. The van der Waals surface area contributed by atoms with Gasteiger partial charge in [0.1, 0.15) is 16.7 Å². The van der Waals surface area contributed by atoms with E-state index in [9.17, 15) is 4.79 Å². The van der Waals surface area contributed by atoms with Crippen LogP contribution in [-0.2, 0) is 16.1 Å². The zero-order chi connectivity index (χ0) is 26.3. The highest BCUT2D eigenvalue weighted by atomic mass is 32.2. The van der Waals surface area contributed by atoms with Crippen molar-refractivity contribution < 1.29 is 14.3 Å². The van der Waals surface area contributed by atoms with E-state index in [0.29, 0.717) is 29.0 Å². The minimum atomic E-state index is -0.0841. The van der Waals surface area contributed by atoms with E-state index in [2.05, 4.69) is 0 Å². The predicted octanol–water partition coefficient (Wildman–Crippen LogP) is 6.36. The highest BCUT2D eigenvalue weighted by Crippen LogP contribution is 2.35. The number of para-hydroxylation sites is 1. The summed E-state index contributed by atoms with van der Waals surface area (Å²) in [5.74, 6) is 0.692. The summed E-state index contributed by atoms with van der Waals surface area (Å²) in [6.07, 6.45) is 4.56. The van der Waals surface area contributed by atoms with Crippen molar-refractivity contribution in [2.45, 2.75) is 13.0 Å². The van der Waals surface area contributed by atoms with E-state index in [1.165, 1.54) is 11.8 Å². The first-order valence-corrected chi connectivity index (χ1v) is 13.5. The predicted molar refractivity (Wildman–Crippen MR) is 156 cm³/mol. The number of benzene rings is 3. The summed E-state index contributed by atoms with van der Waals surface area (Å²) in [6, 6.07) is 27.8. The van der Waals surface area contributed by atoms with Crippen molar-refractivity contribution in [1.29, 1.82) is 0 Å². The van der Waals surface area contributed by atoms with Crippen LogP contribution < -0.4 is 4.74 Å². The van der Waals surface area contributed by atoms with Crippen LogP contribution in [0.5, 0.6) is 5.75 Å². The van der Waals surface area contributed by atoms with E-state index < -0.39 is 0 Å². The Kier molecular flexibility index (Phi) is 8.33. The van der Waals surface area contributed by atoms with Crippen LogP contribution in [0.1, 0.15) is 17.5 Å². The molecule has 0 spiro atoms. The molecule has 3 aromatic carbocycles. The second kappa shape index (κ2) is 12.2. The molecule has 1 saturated heterocycles. The first-order chi connectivity index (χ1) is 18.6. The number of hydrogen-bond donors (Lipinski definition) is 0. The number of amides is 1. The van der Waals surface area contributed by atoms with Crippen molar-refractivity contribution in [3.63, 3.8) is 0 Å². The number of rotatable bonds is 10. The van der Waals surface area contributed by atoms with Crippen molar-refractivity contribution in [2.24, 2.45) is 0 Å². The minimum Gasteiger partial charge on any atom is -0.489 e. The second-order valence-corrected chi connectivity index (χ2v) is 10.4. The third-order valence-electron chi connectivity index (χ3n) is 6.03. The first-order valence-electron chi connectivity index (χ1n) is 12.3. The summed E-state index contributed by atoms with van der Waals surface area (Å²) in [4.78, 5) is 15.4. The number of thioether (sulfide) groups is 1. The topological polar surface area (TPSA) is 56.6 Å². The zero-order valence-corrected chi connectivity index (χ0v) is 22.6. The molecule has 0 unspecified atom stereocenters. The largest absolute Gasteiger partial charge is 0.489 e. The van der Waals surface area contributed by atoms with Crippen LogP contribution in [0.2, 0.25) is 0 Å². The summed E-state index contributed by atoms with van der Waals surface area (Å²) in [5, 5.41) is 4.89. The van der Waals surface area contributed by atoms with Gasteiger partial charge in [-0.1, -0.05) is 72.5 Å². The van der Waals surface area contributed by atoms with Gasteiger partial charge < -0.3 is 9.47 Å². The number of nitrogens with zero attached hydrogens (tertiary/aromatic N) is 3. The molecule has 0 N–H and O–H groups in total. The maximum absolute atomic E-state index is 13.1. The third kappa shape index (κ3) is 6.05. The van der Waals surface area contributed by atoms with Gasteiger partial charge in [0.25, 0.3) is 5.91 Å². The molecular formula is C30H27N3O3S2. The zero-order valence-electron chi connectivity index (χ0n) is 20.9. The molecule has 5 rings (SSSR count). The van der Waals surface area contributed by atoms with Gasteiger partial charge in [0.2, 0.25) is 0 Å². The Hall–Kier alpha value is -3.72. The van der Waals surface area contributed by atoms with Gasteiger partial charge >= 0.3 is 0 Å². The number of aromatic nitrogens is 2. The number of methoxy groups -OCH3 is 1. The van der Waals surface area contributed by atoms with Gasteiger partial charge in [-0.25, -0.2) is 4.68 Å². The number of carbonyl (C=O) groups excluding carboxylic acids is 1. The molecule has 6 nitrogen and oxygen atoms in total. The molecule has 0 aliphatic carbocycles. The monoisotopic (exact) mass is 541 g/mol. The fourth-order valence-corrected chi connectivity index (χ4v) is 5.38. The van der Waals surface area contributed by atoms with Crippen LogP contribution in [0.3, 0.4) is 0 Å². The summed E-state index contributed by atoms with van der Waals surface area (Å²) < 4.78 is 13.5. The van der Waals surface area contributed by atoms with Crippen LogP contribution in [0, 0.1) is 0 Å². The number of hydrogen-bond acceptors (Lipinski definition) is 6. The van der Waals surface area contributed by atoms with Crippen molar-refractivity contribution in [2.75, 3.05) is 20.3 Å². The highest BCUT2D eigenvalue weighted by molar-refractivity contribution is 8.26. The molecule has 0 atom stereocenters. The Balaban J connectivity index is 1.43. The first kappa shape index (κ1) is 25.9. The second-order valence-electron chi connectivity index (χ2n) is 8.69. The van der Waals surface area contributed by atoms with E-state index >= 15 is 0 Å². The van der Waals surface area contributed by atoms with Crippen LogP contribution in [0.15, 0.2) is 96.0 Å². The lowest BCUT2D eigenvalue weighted by atomic mass is 10.1. The average Bonchev–Trinajstić information content (AvgIpc) is 3.49. The van der Waals surface area contributed by atoms with Gasteiger partial charge in [0.05, 0.1) is 16.3 Å². The number of thiocarbonyl (C=S) groups is 1. The van der Waals surface area contributed by atoms with Gasteiger partial charge in [-0.15, -0.1) is 0 Å². The number of ether oxygens (including phenoxy) is 2. The lowest BCUT2D eigenvalue weighted by Crippen LogP contribution is -2.29. The molecule has 1 aromatic heterocycles.